The van der Waals surface area contributed by atoms with Crippen molar-refractivity contribution in [3.05, 3.63) is 18.2 Å². The van der Waals surface area contributed by atoms with Crippen molar-refractivity contribution in [1.29, 1.82) is 0 Å². The number of guanidine groups is 2. The van der Waals surface area contributed by atoms with Crippen LogP contribution in [-0.4, -0.2) is 32.3 Å². The normalized spacial score (nSPS) is 12.6. The Balaban J connectivity index is 0.00000200. The van der Waals surface area contributed by atoms with Gasteiger partial charge < -0.3 is 25.8 Å². The van der Waals surface area contributed by atoms with Crippen LogP contribution < -0.4 is 25.8 Å². The Morgan fingerprint density at radius 3 is 2.65 bits per heavy atom. The van der Waals surface area contributed by atoms with Crippen LogP contribution in [0, 0.1) is 0 Å². The topological polar surface area (TPSA) is 98.5 Å². The van der Waals surface area contributed by atoms with Crippen molar-refractivity contribution in [2.24, 2.45) is 21.5 Å². The fourth-order valence-electron chi connectivity index (χ4n) is 1.68. The molecule has 0 aromatic heterocycles. The maximum absolute atomic E-state index is 5.41. The summed E-state index contributed by atoms with van der Waals surface area (Å²) in [5, 5.41) is 0. The number of benzene rings is 1. The van der Waals surface area contributed by atoms with Gasteiger partial charge in [0.15, 0.2) is 17.5 Å². The summed E-state index contributed by atoms with van der Waals surface area (Å²) >= 11 is 0. The smallest absolute Gasteiger partial charge is 0.231 e. The highest BCUT2D eigenvalue weighted by Gasteiger charge is 2.16. The van der Waals surface area contributed by atoms with Crippen LogP contribution in [0.15, 0.2) is 28.2 Å². The molecule has 20 heavy (non-hydrogen) atoms. The molecule has 0 bridgehead atoms. The third kappa shape index (κ3) is 3.45. The molecule has 0 fully saturated rings. The summed E-state index contributed by atoms with van der Waals surface area (Å²) < 4.78 is 10.6. The number of ether oxygens (including phenoxy) is 2. The van der Waals surface area contributed by atoms with Crippen LogP contribution in [0.4, 0.5) is 5.69 Å². The Hall–Kier alpha value is -2.15. The summed E-state index contributed by atoms with van der Waals surface area (Å²) in [4.78, 5) is 10.1. The molecule has 2 rings (SSSR count). The highest BCUT2D eigenvalue weighted by Crippen LogP contribution is 2.35. The summed E-state index contributed by atoms with van der Waals surface area (Å²) in [7, 11) is 1.83. The molecule has 1 heterocycles. The van der Waals surface area contributed by atoms with E-state index in [1.165, 1.54) is 0 Å². The molecule has 0 atom stereocenters. The van der Waals surface area contributed by atoms with Gasteiger partial charge in [0.05, 0.1) is 0 Å². The van der Waals surface area contributed by atoms with Gasteiger partial charge in [0, 0.05) is 25.3 Å². The number of hydrogen-bond donors (Lipinski definition) is 2. The van der Waals surface area contributed by atoms with E-state index in [1.807, 2.05) is 32.2 Å². The molecule has 0 saturated heterocycles. The van der Waals surface area contributed by atoms with Crippen molar-refractivity contribution in [3.63, 3.8) is 0 Å². The van der Waals surface area contributed by atoms with E-state index in [9.17, 15) is 0 Å². The van der Waals surface area contributed by atoms with Gasteiger partial charge in [-0.05, 0) is 19.1 Å². The Labute approximate surface area is 123 Å². The minimum Gasteiger partial charge on any atom is -0.454 e. The molecule has 1 aromatic carbocycles. The number of hydrogen-bond acceptors (Lipinski definition) is 3. The fourth-order valence-corrected chi connectivity index (χ4v) is 1.68. The van der Waals surface area contributed by atoms with Crippen LogP contribution in [0.25, 0.3) is 0 Å². The predicted octanol–water partition coefficient (Wildman–Crippen LogP) is 0.923. The number of halogens is 1. The zero-order chi connectivity index (χ0) is 13.8. The zero-order valence-corrected chi connectivity index (χ0v) is 12.2. The maximum Gasteiger partial charge on any atom is 0.231 e. The molecule has 0 spiro atoms. The second-order valence-corrected chi connectivity index (χ2v) is 3.91. The first-order chi connectivity index (χ1) is 9.11. The fraction of sp³-hybridized carbons (Fsp3) is 0.333. The average molecular weight is 300 g/mol. The average Bonchev–Trinajstić information content (AvgIpc) is 2.84. The van der Waals surface area contributed by atoms with E-state index in [0.717, 1.165) is 11.4 Å². The lowest BCUT2D eigenvalue weighted by molar-refractivity contribution is 0.174. The minimum atomic E-state index is -0.0280. The molecule has 0 radical (unpaired) electrons. The van der Waals surface area contributed by atoms with Crippen molar-refractivity contribution in [1.82, 2.24) is 0 Å². The van der Waals surface area contributed by atoms with Crippen molar-refractivity contribution >= 4 is 30.0 Å². The van der Waals surface area contributed by atoms with E-state index in [-0.39, 0.29) is 25.2 Å². The lowest BCUT2D eigenvalue weighted by Crippen LogP contribution is -2.31. The van der Waals surface area contributed by atoms with Gasteiger partial charge in [-0.3, -0.25) is 4.99 Å². The van der Waals surface area contributed by atoms with E-state index in [2.05, 4.69) is 9.98 Å². The zero-order valence-electron chi connectivity index (χ0n) is 11.4. The van der Waals surface area contributed by atoms with Crippen molar-refractivity contribution in [2.45, 2.75) is 6.92 Å². The predicted molar refractivity (Wildman–Crippen MR) is 82.0 cm³/mol. The van der Waals surface area contributed by atoms with Crippen molar-refractivity contribution < 1.29 is 9.47 Å². The third-order valence-electron chi connectivity index (χ3n) is 2.57. The number of nitrogens with zero attached hydrogens (tertiary/aromatic N) is 3. The van der Waals surface area contributed by atoms with Crippen LogP contribution in [-0.2, 0) is 0 Å². The highest BCUT2D eigenvalue weighted by atomic mass is 35.5. The third-order valence-corrected chi connectivity index (χ3v) is 2.57. The van der Waals surface area contributed by atoms with Gasteiger partial charge in [0.25, 0.3) is 0 Å². The van der Waals surface area contributed by atoms with E-state index < -0.39 is 0 Å². The standard InChI is InChI=1S/C12H17N5O2.ClH/c1-3-15-12(16-11(13)14)17(2)8-4-5-9-10(6-8)19-7-18-9;/h4-6H,3,7H2,1-2H3,(H4,13,14,15,16);1H. The van der Waals surface area contributed by atoms with E-state index in [0.29, 0.717) is 18.3 Å². The highest BCUT2D eigenvalue weighted by molar-refractivity contribution is 6.02. The summed E-state index contributed by atoms with van der Waals surface area (Å²) in [6.07, 6.45) is 0. The van der Waals surface area contributed by atoms with Crippen LogP contribution >= 0.6 is 12.4 Å². The molecule has 8 heteroatoms. The Morgan fingerprint density at radius 2 is 2.00 bits per heavy atom. The molecule has 110 valence electrons. The number of fused-ring (bicyclic) bond motifs is 1. The van der Waals surface area contributed by atoms with Crippen molar-refractivity contribution in [2.75, 3.05) is 25.3 Å². The number of anilines is 1. The molecule has 0 aliphatic carbocycles. The first-order valence-corrected chi connectivity index (χ1v) is 5.89. The van der Waals surface area contributed by atoms with Gasteiger partial charge >= 0.3 is 0 Å². The molecular weight excluding hydrogens is 282 g/mol. The lowest BCUT2D eigenvalue weighted by Gasteiger charge is -2.18. The van der Waals surface area contributed by atoms with Crippen LogP contribution in [0.2, 0.25) is 0 Å². The summed E-state index contributed by atoms with van der Waals surface area (Å²) in [5.41, 5.74) is 11.7. The molecule has 0 saturated carbocycles. The van der Waals surface area contributed by atoms with Crippen LogP contribution in [0.1, 0.15) is 6.92 Å². The quantitative estimate of drug-likeness (QED) is 0.625. The van der Waals surface area contributed by atoms with Gasteiger partial charge in [-0.15, -0.1) is 12.4 Å². The maximum atomic E-state index is 5.41. The molecule has 1 aliphatic rings. The summed E-state index contributed by atoms with van der Waals surface area (Å²) in [5.74, 6) is 1.85. The minimum absolute atomic E-state index is 0. The molecule has 0 amide bonds. The van der Waals surface area contributed by atoms with Gasteiger partial charge in [0.1, 0.15) is 0 Å². The molecule has 7 nitrogen and oxygen atoms in total. The van der Waals surface area contributed by atoms with Gasteiger partial charge in [-0.2, -0.15) is 4.99 Å². The molecule has 1 aromatic rings. The molecule has 1 aliphatic heterocycles. The van der Waals surface area contributed by atoms with Gasteiger partial charge in [-0.1, -0.05) is 0 Å². The Morgan fingerprint density at radius 1 is 1.30 bits per heavy atom. The van der Waals surface area contributed by atoms with Gasteiger partial charge in [-0.25, -0.2) is 0 Å². The second-order valence-electron chi connectivity index (χ2n) is 3.91. The number of aliphatic imine (C=N–C) groups is 2. The van der Waals surface area contributed by atoms with Crippen LogP contribution in [0.5, 0.6) is 11.5 Å². The van der Waals surface area contributed by atoms with E-state index >= 15 is 0 Å². The van der Waals surface area contributed by atoms with Crippen LogP contribution in [0.3, 0.4) is 0 Å². The lowest BCUT2D eigenvalue weighted by atomic mass is 10.2. The first-order valence-electron chi connectivity index (χ1n) is 5.89. The second kappa shape index (κ2) is 6.85. The number of rotatable bonds is 2. The van der Waals surface area contributed by atoms with Gasteiger partial charge in [0.2, 0.25) is 12.8 Å². The summed E-state index contributed by atoms with van der Waals surface area (Å²) in [6.45, 7) is 2.74. The summed E-state index contributed by atoms with van der Waals surface area (Å²) in [6, 6.07) is 5.59. The Kier molecular flexibility index (Phi) is 5.45. The SMILES string of the molecule is CCN=C(N=C(N)N)N(C)c1ccc2c(c1)OCO2.Cl. The first kappa shape index (κ1) is 15.9. The number of nitrogens with two attached hydrogens (primary N) is 2. The van der Waals surface area contributed by atoms with E-state index in [1.54, 1.807) is 4.90 Å². The molecular formula is C12H18ClN5O2. The Bertz CT molecular complexity index is 529. The van der Waals surface area contributed by atoms with Crippen molar-refractivity contribution in [3.8, 4) is 11.5 Å². The largest absolute Gasteiger partial charge is 0.454 e. The molecule has 0 unspecified atom stereocenters. The molecule has 4 N–H and O–H groups in total. The monoisotopic (exact) mass is 299 g/mol. The van der Waals surface area contributed by atoms with E-state index in [4.69, 9.17) is 20.9 Å².